The van der Waals surface area contributed by atoms with Gasteiger partial charge in [0.05, 0.1) is 4.90 Å². The highest BCUT2D eigenvalue weighted by Crippen LogP contribution is 2.27. The van der Waals surface area contributed by atoms with E-state index in [-0.39, 0.29) is 23.0 Å². The quantitative estimate of drug-likeness (QED) is 0.739. The predicted molar refractivity (Wildman–Crippen MR) is 112 cm³/mol. The largest absolute Gasteiger partial charge is 0.364 e. The summed E-state index contributed by atoms with van der Waals surface area (Å²) in [5.41, 5.74) is 0.614. The molecule has 0 spiro atoms. The highest BCUT2D eigenvalue weighted by atomic mass is 32.2. The van der Waals surface area contributed by atoms with Crippen molar-refractivity contribution in [2.45, 2.75) is 51.2 Å². The van der Waals surface area contributed by atoms with Gasteiger partial charge < -0.3 is 15.0 Å². The monoisotopic (exact) mass is 424 g/mol. The van der Waals surface area contributed by atoms with Crippen molar-refractivity contribution in [3.05, 3.63) is 24.3 Å². The third-order valence-corrected chi connectivity index (χ3v) is 7.48. The van der Waals surface area contributed by atoms with Crippen LogP contribution in [0, 0.1) is 11.8 Å². The lowest BCUT2D eigenvalue weighted by atomic mass is 9.94. The molecule has 162 valence electrons. The molecule has 2 aliphatic heterocycles. The molecule has 0 saturated carbocycles. The van der Waals surface area contributed by atoms with Crippen LogP contribution < -0.4 is 10.2 Å². The molecule has 2 aliphatic rings. The molecule has 1 aromatic rings. The summed E-state index contributed by atoms with van der Waals surface area (Å²) in [7, 11) is -3.51. The van der Waals surface area contributed by atoms with Gasteiger partial charge in [-0.15, -0.1) is 0 Å². The fraction of sp³-hybridized carbons (Fsp3) is 0.667. The van der Waals surface area contributed by atoms with Crippen molar-refractivity contribution in [1.82, 2.24) is 4.31 Å². The van der Waals surface area contributed by atoms with E-state index in [9.17, 15) is 13.2 Å². The summed E-state index contributed by atoms with van der Waals surface area (Å²) in [6, 6.07) is 6.50. The molecule has 1 aromatic carbocycles. The van der Waals surface area contributed by atoms with Crippen LogP contribution in [-0.4, -0.2) is 63.6 Å². The van der Waals surface area contributed by atoms with Gasteiger partial charge >= 0.3 is 0 Å². The van der Waals surface area contributed by atoms with Crippen LogP contribution in [0.2, 0.25) is 0 Å². The van der Waals surface area contributed by atoms with E-state index >= 15 is 0 Å². The van der Waals surface area contributed by atoms with Crippen molar-refractivity contribution in [2.75, 3.05) is 38.0 Å². The van der Waals surface area contributed by atoms with Crippen molar-refractivity contribution in [2.24, 2.45) is 11.8 Å². The van der Waals surface area contributed by atoms with Gasteiger partial charge in [0, 0.05) is 18.8 Å². The average Bonchev–Trinajstić information content (AvgIpc) is 2.60. The molecule has 1 unspecified atom stereocenters. The summed E-state index contributed by atoms with van der Waals surface area (Å²) in [5, 5.41) is 2.88. The van der Waals surface area contributed by atoms with Gasteiger partial charge in [0.15, 0.2) is 6.54 Å². The standard InChI is InChI=1S/C21H33N3O4S/c1-15-9-16(2)11-24(10-15)29(26,27)20-7-5-19(6-8-20)22-21(25)14-23-12-17(3)28-18(4)13-23/h5-8,15-18H,9-14H2,1-4H3,(H,22,25)/p+1/t15-,16-,17-,18+/m0/s1. The van der Waals surface area contributed by atoms with E-state index in [1.165, 1.54) is 4.90 Å². The Morgan fingerprint density at radius 1 is 1.07 bits per heavy atom. The number of piperidine rings is 1. The number of ether oxygens (including phenoxy) is 1. The average molecular weight is 425 g/mol. The fourth-order valence-electron chi connectivity index (χ4n) is 4.63. The van der Waals surface area contributed by atoms with Crippen LogP contribution in [0.15, 0.2) is 29.2 Å². The molecule has 0 bridgehead atoms. The van der Waals surface area contributed by atoms with Crippen molar-refractivity contribution < 1.29 is 22.8 Å². The van der Waals surface area contributed by atoms with Gasteiger partial charge in [-0.1, -0.05) is 13.8 Å². The lowest BCUT2D eigenvalue weighted by molar-refractivity contribution is -0.907. The van der Waals surface area contributed by atoms with E-state index < -0.39 is 10.0 Å². The Morgan fingerprint density at radius 2 is 1.62 bits per heavy atom. The number of morpholine rings is 1. The second-order valence-electron chi connectivity index (χ2n) is 8.93. The Morgan fingerprint density at radius 3 is 2.17 bits per heavy atom. The summed E-state index contributed by atoms with van der Waals surface area (Å²) in [6.45, 7) is 11.3. The molecule has 7 nitrogen and oxygen atoms in total. The molecule has 8 heteroatoms. The van der Waals surface area contributed by atoms with Crippen LogP contribution in [0.4, 0.5) is 5.69 Å². The molecule has 2 N–H and O–H groups in total. The minimum Gasteiger partial charge on any atom is -0.364 e. The number of benzene rings is 1. The van der Waals surface area contributed by atoms with E-state index in [1.807, 2.05) is 13.8 Å². The first kappa shape index (κ1) is 22.2. The number of carbonyl (C=O) groups excluding carboxylic acids is 1. The van der Waals surface area contributed by atoms with E-state index in [0.717, 1.165) is 19.5 Å². The van der Waals surface area contributed by atoms with Crippen LogP contribution in [0.3, 0.4) is 0 Å². The number of nitrogens with one attached hydrogen (secondary N) is 2. The minimum atomic E-state index is -3.51. The van der Waals surface area contributed by atoms with Crippen LogP contribution in [0.5, 0.6) is 0 Å². The number of quaternary nitrogens is 1. The second-order valence-corrected chi connectivity index (χ2v) is 10.9. The summed E-state index contributed by atoms with van der Waals surface area (Å²) in [6.07, 6.45) is 1.34. The Bertz CT molecular complexity index is 792. The van der Waals surface area contributed by atoms with Crippen molar-refractivity contribution in [3.63, 3.8) is 0 Å². The molecular weight excluding hydrogens is 390 g/mol. The molecule has 2 heterocycles. The number of sulfonamides is 1. The smallest absolute Gasteiger partial charge is 0.279 e. The third kappa shape index (κ3) is 5.78. The number of anilines is 1. The number of hydrogen-bond acceptors (Lipinski definition) is 4. The maximum atomic E-state index is 13.0. The molecule has 29 heavy (non-hydrogen) atoms. The zero-order chi connectivity index (χ0) is 21.2. The summed E-state index contributed by atoms with van der Waals surface area (Å²) in [4.78, 5) is 13.9. The maximum absolute atomic E-state index is 13.0. The van der Waals surface area contributed by atoms with E-state index in [4.69, 9.17) is 4.74 Å². The zero-order valence-corrected chi connectivity index (χ0v) is 18.7. The Balaban J connectivity index is 1.60. The van der Waals surface area contributed by atoms with Gasteiger partial charge in [-0.25, -0.2) is 8.42 Å². The topological polar surface area (TPSA) is 80.2 Å². The molecule has 0 aliphatic carbocycles. The molecule has 1 amide bonds. The molecular formula is C21H34N3O4S+. The number of carbonyl (C=O) groups is 1. The van der Waals surface area contributed by atoms with E-state index in [1.54, 1.807) is 28.6 Å². The van der Waals surface area contributed by atoms with Crippen LogP contribution >= 0.6 is 0 Å². The SMILES string of the molecule is C[C@H]1C[C@H](C)CN(S(=O)(=O)c2ccc(NC(=O)C[NH+]3C[C@@H](C)O[C@@H](C)C3)cc2)C1. The number of rotatable bonds is 5. The molecule has 2 fully saturated rings. The predicted octanol–water partition coefficient (Wildman–Crippen LogP) is 0.984. The first-order valence-corrected chi connectivity index (χ1v) is 12.0. The minimum absolute atomic E-state index is 0.0735. The van der Waals surface area contributed by atoms with Gasteiger partial charge in [-0.2, -0.15) is 4.31 Å². The van der Waals surface area contributed by atoms with Crippen molar-refractivity contribution >= 4 is 21.6 Å². The highest BCUT2D eigenvalue weighted by Gasteiger charge is 2.32. The van der Waals surface area contributed by atoms with Crippen LogP contribution in [-0.2, 0) is 19.6 Å². The van der Waals surface area contributed by atoms with Crippen molar-refractivity contribution in [1.29, 1.82) is 0 Å². The van der Waals surface area contributed by atoms with Gasteiger partial charge in [0.25, 0.3) is 5.91 Å². The Kier molecular flexibility index (Phi) is 6.98. The summed E-state index contributed by atoms with van der Waals surface area (Å²) >= 11 is 0. The lowest BCUT2D eigenvalue weighted by Gasteiger charge is -2.34. The molecule has 0 aromatic heterocycles. The van der Waals surface area contributed by atoms with Crippen LogP contribution in [0.1, 0.15) is 34.1 Å². The van der Waals surface area contributed by atoms with Gasteiger partial charge in [-0.3, -0.25) is 4.79 Å². The van der Waals surface area contributed by atoms with E-state index in [0.29, 0.717) is 37.2 Å². The first-order valence-electron chi connectivity index (χ1n) is 10.5. The maximum Gasteiger partial charge on any atom is 0.279 e. The van der Waals surface area contributed by atoms with E-state index in [2.05, 4.69) is 19.2 Å². The highest BCUT2D eigenvalue weighted by molar-refractivity contribution is 7.89. The number of hydrogen-bond donors (Lipinski definition) is 2. The fourth-order valence-corrected chi connectivity index (χ4v) is 6.31. The van der Waals surface area contributed by atoms with Crippen molar-refractivity contribution in [3.8, 4) is 0 Å². The van der Waals surface area contributed by atoms with Gasteiger partial charge in [-0.05, 0) is 56.4 Å². The summed E-state index contributed by atoms with van der Waals surface area (Å²) < 4.78 is 33.2. The second kappa shape index (κ2) is 9.12. The first-order chi connectivity index (χ1) is 13.6. The van der Waals surface area contributed by atoms with Gasteiger partial charge in [0.1, 0.15) is 25.3 Å². The van der Waals surface area contributed by atoms with Crippen LogP contribution in [0.25, 0.3) is 0 Å². The normalized spacial score (nSPS) is 31.4. The molecule has 0 radical (unpaired) electrons. The third-order valence-electron chi connectivity index (χ3n) is 5.64. The zero-order valence-electron chi connectivity index (χ0n) is 17.8. The molecule has 3 rings (SSSR count). The Labute approximate surface area is 174 Å². The Hall–Kier alpha value is -1.48. The number of nitrogens with zero attached hydrogens (tertiary/aromatic N) is 1. The van der Waals surface area contributed by atoms with Gasteiger partial charge in [0.2, 0.25) is 10.0 Å². The number of amides is 1. The summed E-state index contributed by atoms with van der Waals surface area (Å²) in [5.74, 6) is 0.649. The lowest BCUT2D eigenvalue weighted by Crippen LogP contribution is -3.16. The molecule has 5 atom stereocenters. The molecule has 2 saturated heterocycles.